The van der Waals surface area contributed by atoms with Crippen molar-refractivity contribution < 1.29 is 4.74 Å². The summed E-state index contributed by atoms with van der Waals surface area (Å²) in [5.74, 6) is 0.914. The van der Waals surface area contributed by atoms with Gasteiger partial charge in [-0.2, -0.15) is 5.10 Å². The number of anilines is 1. The third kappa shape index (κ3) is 3.23. The molecule has 0 atom stereocenters. The quantitative estimate of drug-likeness (QED) is 0.833. The first-order chi connectivity index (χ1) is 9.77. The summed E-state index contributed by atoms with van der Waals surface area (Å²) in [5.41, 5.74) is 6.58. The second kappa shape index (κ2) is 7.17. The Kier molecular flexibility index (Phi) is 5.26. The average Bonchev–Trinajstić information content (AvgIpc) is 2.49. The van der Waals surface area contributed by atoms with Crippen LogP contribution in [0.25, 0.3) is 10.8 Å². The molecule has 20 heavy (non-hydrogen) atoms. The Labute approximate surface area is 119 Å². The maximum absolute atomic E-state index is 5.63. The van der Waals surface area contributed by atoms with Gasteiger partial charge in [-0.15, -0.1) is 5.10 Å². The minimum Gasteiger partial charge on any atom is -0.383 e. The highest BCUT2D eigenvalue weighted by Crippen LogP contribution is 2.25. The van der Waals surface area contributed by atoms with Gasteiger partial charge >= 0.3 is 0 Å². The molecule has 0 bridgehead atoms. The summed E-state index contributed by atoms with van der Waals surface area (Å²) in [4.78, 5) is 2.20. The van der Waals surface area contributed by atoms with Crippen LogP contribution in [0.5, 0.6) is 0 Å². The Morgan fingerprint density at radius 1 is 1.15 bits per heavy atom. The molecule has 5 heteroatoms. The molecule has 2 aromatic rings. The molecule has 0 aliphatic rings. The van der Waals surface area contributed by atoms with Crippen molar-refractivity contribution in [3.63, 3.8) is 0 Å². The summed E-state index contributed by atoms with van der Waals surface area (Å²) < 4.78 is 5.19. The lowest BCUT2D eigenvalue weighted by atomic mass is 10.1. The number of methoxy groups -OCH3 is 1. The van der Waals surface area contributed by atoms with E-state index in [0.29, 0.717) is 13.2 Å². The molecule has 0 radical (unpaired) electrons. The van der Waals surface area contributed by atoms with Crippen molar-refractivity contribution in [1.82, 2.24) is 10.2 Å². The number of nitrogens with two attached hydrogens (primary N) is 1. The molecular weight excluding hydrogens is 252 g/mol. The molecule has 0 saturated heterocycles. The van der Waals surface area contributed by atoms with Crippen LogP contribution in [0.2, 0.25) is 0 Å². The summed E-state index contributed by atoms with van der Waals surface area (Å²) in [6.45, 7) is 4.97. The molecule has 0 fully saturated rings. The zero-order chi connectivity index (χ0) is 14.4. The van der Waals surface area contributed by atoms with E-state index in [2.05, 4.69) is 27.2 Å². The molecule has 0 unspecified atom stereocenters. The summed E-state index contributed by atoms with van der Waals surface area (Å²) in [7, 11) is 1.71. The van der Waals surface area contributed by atoms with Crippen LogP contribution in [0.1, 0.15) is 12.1 Å². The van der Waals surface area contributed by atoms with Crippen molar-refractivity contribution in [2.45, 2.75) is 13.3 Å². The third-order valence-corrected chi connectivity index (χ3v) is 3.35. The van der Waals surface area contributed by atoms with E-state index < -0.39 is 0 Å². The van der Waals surface area contributed by atoms with E-state index in [4.69, 9.17) is 10.5 Å². The number of benzene rings is 1. The summed E-state index contributed by atoms with van der Waals surface area (Å²) in [5, 5.41) is 11.0. The van der Waals surface area contributed by atoms with Crippen LogP contribution in [0.15, 0.2) is 24.3 Å². The van der Waals surface area contributed by atoms with Gasteiger partial charge in [0, 0.05) is 31.0 Å². The molecule has 0 amide bonds. The highest BCUT2D eigenvalue weighted by Gasteiger charge is 2.13. The molecule has 1 heterocycles. The van der Waals surface area contributed by atoms with Gasteiger partial charge in [0.1, 0.15) is 0 Å². The lowest BCUT2D eigenvalue weighted by molar-refractivity contribution is 0.205. The molecule has 1 aromatic carbocycles. The fourth-order valence-corrected chi connectivity index (χ4v) is 2.26. The monoisotopic (exact) mass is 274 g/mol. The molecule has 0 spiro atoms. The number of aromatic nitrogens is 2. The van der Waals surface area contributed by atoms with Crippen LogP contribution in [0.4, 0.5) is 5.82 Å². The molecule has 2 rings (SSSR count). The maximum atomic E-state index is 5.63. The second-order valence-corrected chi connectivity index (χ2v) is 4.78. The molecule has 108 valence electrons. The Morgan fingerprint density at radius 3 is 2.60 bits per heavy atom. The number of ether oxygens (including phenoxy) is 1. The van der Waals surface area contributed by atoms with E-state index in [0.717, 1.165) is 41.8 Å². The second-order valence-electron chi connectivity index (χ2n) is 4.78. The lowest BCUT2D eigenvalue weighted by Gasteiger charge is -2.24. The summed E-state index contributed by atoms with van der Waals surface area (Å²) in [6.07, 6.45) is 0.924. The minimum absolute atomic E-state index is 0.661. The van der Waals surface area contributed by atoms with E-state index >= 15 is 0 Å². The van der Waals surface area contributed by atoms with Crippen LogP contribution in [-0.2, 0) is 4.74 Å². The van der Waals surface area contributed by atoms with Crippen LogP contribution in [0, 0.1) is 6.92 Å². The topological polar surface area (TPSA) is 64.3 Å². The number of rotatable bonds is 7. The SMILES string of the molecule is COCCN(CCCN)c1nnc(C)c2ccccc12. The predicted molar refractivity (Wildman–Crippen MR) is 82.0 cm³/mol. The zero-order valence-corrected chi connectivity index (χ0v) is 12.2. The fourth-order valence-electron chi connectivity index (χ4n) is 2.26. The Morgan fingerprint density at radius 2 is 1.90 bits per heavy atom. The average molecular weight is 274 g/mol. The summed E-state index contributed by atoms with van der Waals surface area (Å²) >= 11 is 0. The van der Waals surface area contributed by atoms with Gasteiger partial charge in [0.2, 0.25) is 0 Å². The zero-order valence-electron chi connectivity index (χ0n) is 12.2. The lowest BCUT2D eigenvalue weighted by Crippen LogP contribution is -2.30. The molecular formula is C15H22N4O. The maximum Gasteiger partial charge on any atom is 0.159 e. The minimum atomic E-state index is 0.661. The number of hydrogen-bond donors (Lipinski definition) is 1. The van der Waals surface area contributed by atoms with Crippen LogP contribution >= 0.6 is 0 Å². The van der Waals surface area contributed by atoms with Crippen molar-refractivity contribution >= 4 is 16.6 Å². The Bertz CT molecular complexity index is 551. The van der Waals surface area contributed by atoms with Crippen LogP contribution in [-0.4, -0.2) is 43.5 Å². The van der Waals surface area contributed by atoms with Gasteiger partial charge in [0.25, 0.3) is 0 Å². The molecule has 0 aliphatic carbocycles. The van der Waals surface area contributed by atoms with Crippen molar-refractivity contribution in [3.05, 3.63) is 30.0 Å². The molecule has 5 nitrogen and oxygen atoms in total. The van der Waals surface area contributed by atoms with Crippen molar-refractivity contribution in [2.75, 3.05) is 38.3 Å². The number of nitrogens with zero attached hydrogens (tertiary/aromatic N) is 3. The van der Waals surface area contributed by atoms with E-state index in [1.165, 1.54) is 0 Å². The number of hydrogen-bond acceptors (Lipinski definition) is 5. The largest absolute Gasteiger partial charge is 0.383 e. The van der Waals surface area contributed by atoms with Gasteiger partial charge in [-0.1, -0.05) is 24.3 Å². The van der Waals surface area contributed by atoms with Crippen LogP contribution < -0.4 is 10.6 Å². The predicted octanol–water partition coefficient (Wildman–Crippen LogP) is 1.74. The van der Waals surface area contributed by atoms with Gasteiger partial charge in [0.15, 0.2) is 5.82 Å². The van der Waals surface area contributed by atoms with E-state index in [-0.39, 0.29) is 0 Å². The first-order valence-corrected chi connectivity index (χ1v) is 6.94. The Balaban J connectivity index is 2.38. The standard InChI is InChI=1S/C15H22N4O/c1-12-13-6-3-4-7-14(13)15(18-17-12)19(9-5-8-16)10-11-20-2/h3-4,6-7H,5,8-11,16H2,1-2H3. The van der Waals surface area contributed by atoms with Gasteiger partial charge in [-0.25, -0.2) is 0 Å². The molecule has 2 N–H and O–H groups in total. The molecule has 1 aromatic heterocycles. The van der Waals surface area contributed by atoms with Gasteiger partial charge < -0.3 is 15.4 Å². The third-order valence-electron chi connectivity index (χ3n) is 3.35. The van der Waals surface area contributed by atoms with E-state index in [9.17, 15) is 0 Å². The van der Waals surface area contributed by atoms with Gasteiger partial charge in [0.05, 0.1) is 12.3 Å². The summed E-state index contributed by atoms with van der Waals surface area (Å²) in [6, 6.07) is 8.24. The number of fused-ring (bicyclic) bond motifs is 1. The first-order valence-electron chi connectivity index (χ1n) is 6.94. The van der Waals surface area contributed by atoms with Gasteiger partial charge in [-0.3, -0.25) is 0 Å². The number of aryl methyl sites for hydroxylation is 1. The fraction of sp³-hybridized carbons (Fsp3) is 0.467. The molecule has 0 aliphatic heterocycles. The molecule has 0 saturated carbocycles. The smallest absolute Gasteiger partial charge is 0.159 e. The van der Waals surface area contributed by atoms with Crippen LogP contribution in [0.3, 0.4) is 0 Å². The van der Waals surface area contributed by atoms with Gasteiger partial charge in [-0.05, 0) is 19.9 Å². The first kappa shape index (κ1) is 14.7. The van der Waals surface area contributed by atoms with E-state index in [1.807, 2.05) is 19.1 Å². The normalized spacial score (nSPS) is 10.9. The Hall–Kier alpha value is -1.72. The highest BCUT2D eigenvalue weighted by molar-refractivity contribution is 5.93. The van der Waals surface area contributed by atoms with Crippen molar-refractivity contribution in [1.29, 1.82) is 0 Å². The van der Waals surface area contributed by atoms with Crippen molar-refractivity contribution in [2.24, 2.45) is 5.73 Å². The van der Waals surface area contributed by atoms with Crippen molar-refractivity contribution in [3.8, 4) is 0 Å². The van der Waals surface area contributed by atoms with E-state index in [1.54, 1.807) is 7.11 Å². The highest BCUT2D eigenvalue weighted by atomic mass is 16.5.